The minimum atomic E-state index is -0.0519. The van der Waals surface area contributed by atoms with Gasteiger partial charge in [0.25, 0.3) is 0 Å². The van der Waals surface area contributed by atoms with Gasteiger partial charge in [0.2, 0.25) is 0 Å². The topological polar surface area (TPSA) is 18.5 Å². The van der Waals surface area contributed by atoms with E-state index in [2.05, 4.69) is 31.2 Å². The van der Waals surface area contributed by atoms with Gasteiger partial charge in [-0.3, -0.25) is 0 Å². The van der Waals surface area contributed by atoms with E-state index in [1.54, 1.807) is 7.11 Å². The van der Waals surface area contributed by atoms with Crippen LogP contribution in [0.2, 0.25) is 0 Å². The Morgan fingerprint density at radius 2 is 1.93 bits per heavy atom. The maximum Gasteiger partial charge on any atom is 0.160 e. The van der Waals surface area contributed by atoms with Crippen LogP contribution in [0.4, 0.5) is 0 Å². The molecule has 2 rings (SSSR count). The summed E-state index contributed by atoms with van der Waals surface area (Å²) in [6.45, 7) is 2.18. The molecule has 0 aliphatic carbocycles. The first-order valence-electron chi connectivity index (χ1n) is 5.54. The molecule has 82 valence electrons. The zero-order valence-electron chi connectivity index (χ0n) is 9.35. The Morgan fingerprint density at radius 1 is 1.20 bits per heavy atom. The Morgan fingerprint density at radius 3 is 2.60 bits per heavy atom. The lowest BCUT2D eigenvalue weighted by Gasteiger charge is -2.33. The molecule has 1 heterocycles. The van der Waals surface area contributed by atoms with Crippen molar-refractivity contribution >= 4 is 0 Å². The molecular formula is C13H18O2. The molecule has 2 nitrogen and oxygen atoms in total. The van der Waals surface area contributed by atoms with Crippen LogP contribution in [0.5, 0.6) is 0 Å². The molecule has 0 radical (unpaired) electrons. The van der Waals surface area contributed by atoms with Gasteiger partial charge in [0.05, 0.1) is 6.10 Å². The van der Waals surface area contributed by atoms with Gasteiger partial charge in [-0.05, 0) is 18.4 Å². The molecule has 1 saturated heterocycles. The fraction of sp³-hybridized carbons (Fsp3) is 0.538. The summed E-state index contributed by atoms with van der Waals surface area (Å²) >= 11 is 0. The number of rotatable bonds is 2. The first-order chi connectivity index (χ1) is 7.31. The fourth-order valence-electron chi connectivity index (χ4n) is 2.12. The smallest absolute Gasteiger partial charge is 0.160 e. The summed E-state index contributed by atoms with van der Waals surface area (Å²) in [6.07, 6.45) is 2.40. The molecule has 0 N–H and O–H groups in total. The van der Waals surface area contributed by atoms with Crippen molar-refractivity contribution in [3.63, 3.8) is 0 Å². The van der Waals surface area contributed by atoms with E-state index < -0.39 is 0 Å². The lowest BCUT2D eigenvalue weighted by molar-refractivity contribution is -0.207. The van der Waals surface area contributed by atoms with Gasteiger partial charge in [0.15, 0.2) is 6.29 Å². The van der Waals surface area contributed by atoms with E-state index in [0.717, 1.165) is 12.8 Å². The van der Waals surface area contributed by atoms with Crippen LogP contribution in [-0.4, -0.2) is 13.4 Å². The average Bonchev–Trinajstić information content (AvgIpc) is 2.31. The van der Waals surface area contributed by atoms with Gasteiger partial charge >= 0.3 is 0 Å². The largest absolute Gasteiger partial charge is 0.356 e. The first kappa shape index (κ1) is 10.7. The number of benzene rings is 1. The van der Waals surface area contributed by atoms with Gasteiger partial charge in [-0.25, -0.2) is 0 Å². The highest BCUT2D eigenvalue weighted by Crippen LogP contribution is 2.34. The number of hydrogen-bond acceptors (Lipinski definition) is 2. The normalized spacial score (nSPS) is 31.5. The van der Waals surface area contributed by atoms with Gasteiger partial charge in [-0.15, -0.1) is 0 Å². The number of hydrogen-bond donors (Lipinski definition) is 0. The van der Waals surface area contributed by atoms with Gasteiger partial charge in [-0.1, -0.05) is 37.3 Å². The zero-order chi connectivity index (χ0) is 10.7. The van der Waals surface area contributed by atoms with Gasteiger partial charge in [0, 0.05) is 13.0 Å². The molecule has 1 aliphatic heterocycles. The van der Waals surface area contributed by atoms with Crippen molar-refractivity contribution in [1.82, 2.24) is 0 Å². The zero-order valence-corrected chi connectivity index (χ0v) is 9.35. The van der Waals surface area contributed by atoms with Crippen LogP contribution in [0.1, 0.15) is 31.4 Å². The van der Waals surface area contributed by atoms with Gasteiger partial charge < -0.3 is 9.47 Å². The highest BCUT2D eigenvalue weighted by molar-refractivity contribution is 5.17. The standard InChI is InChI=1S/C13H18O2/c1-10-8-9-12(15-13(10)14-2)11-6-4-3-5-7-11/h3-7,10,12-13H,8-9H2,1-2H3/t10-,12+,13+/m0/s1. The molecule has 15 heavy (non-hydrogen) atoms. The van der Waals surface area contributed by atoms with Crippen LogP contribution in [0, 0.1) is 5.92 Å². The fourth-order valence-corrected chi connectivity index (χ4v) is 2.12. The lowest BCUT2D eigenvalue weighted by atomic mass is 9.95. The summed E-state index contributed by atoms with van der Waals surface area (Å²) < 4.78 is 11.2. The lowest BCUT2D eigenvalue weighted by Crippen LogP contribution is -2.31. The molecule has 3 atom stereocenters. The van der Waals surface area contributed by atoms with Crippen molar-refractivity contribution in [3.8, 4) is 0 Å². The maximum atomic E-state index is 5.91. The Balaban J connectivity index is 2.06. The summed E-state index contributed by atoms with van der Waals surface area (Å²) in [7, 11) is 1.72. The highest BCUT2D eigenvalue weighted by atomic mass is 16.7. The third kappa shape index (κ3) is 2.39. The predicted octanol–water partition coefficient (Wildman–Crippen LogP) is 3.15. The third-order valence-corrected chi connectivity index (χ3v) is 3.05. The Hall–Kier alpha value is -0.860. The highest BCUT2D eigenvalue weighted by Gasteiger charge is 2.28. The summed E-state index contributed by atoms with van der Waals surface area (Å²) in [4.78, 5) is 0. The van der Waals surface area contributed by atoms with Crippen LogP contribution >= 0.6 is 0 Å². The van der Waals surface area contributed by atoms with E-state index in [4.69, 9.17) is 9.47 Å². The van der Waals surface area contributed by atoms with Crippen LogP contribution in [0.15, 0.2) is 30.3 Å². The summed E-state index contributed by atoms with van der Waals surface area (Å²) in [5.74, 6) is 0.495. The SMILES string of the molecule is CO[C@@H]1O[C@@H](c2ccccc2)CC[C@@H]1C. The molecule has 1 fully saturated rings. The maximum absolute atomic E-state index is 5.91. The van der Waals surface area contributed by atoms with Crippen molar-refractivity contribution in [3.05, 3.63) is 35.9 Å². The first-order valence-corrected chi connectivity index (χ1v) is 5.54. The molecule has 1 aromatic carbocycles. The summed E-state index contributed by atoms with van der Waals surface area (Å²) in [5, 5.41) is 0. The van der Waals surface area contributed by atoms with E-state index in [9.17, 15) is 0 Å². The van der Waals surface area contributed by atoms with Crippen LogP contribution < -0.4 is 0 Å². The van der Waals surface area contributed by atoms with E-state index in [-0.39, 0.29) is 12.4 Å². The molecule has 0 saturated carbocycles. The molecule has 0 bridgehead atoms. The quantitative estimate of drug-likeness (QED) is 0.740. The molecule has 0 unspecified atom stereocenters. The van der Waals surface area contributed by atoms with Gasteiger partial charge in [-0.2, -0.15) is 0 Å². The van der Waals surface area contributed by atoms with Crippen molar-refractivity contribution in [2.24, 2.45) is 5.92 Å². The van der Waals surface area contributed by atoms with E-state index >= 15 is 0 Å². The Bertz CT molecular complexity index is 297. The van der Waals surface area contributed by atoms with E-state index in [0.29, 0.717) is 5.92 Å². The van der Waals surface area contributed by atoms with Crippen LogP contribution in [-0.2, 0) is 9.47 Å². The van der Waals surface area contributed by atoms with Crippen molar-refractivity contribution in [2.45, 2.75) is 32.2 Å². The van der Waals surface area contributed by atoms with Crippen molar-refractivity contribution in [1.29, 1.82) is 0 Å². The summed E-state index contributed by atoms with van der Waals surface area (Å²) in [6, 6.07) is 10.4. The molecule has 1 aliphatic rings. The van der Waals surface area contributed by atoms with Crippen molar-refractivity contribution < 1.29 is 9.47 Å². The second-order valence-corrected chi connectivity index (χ2v) is 4.19. The predicted molar refractivity (Wildman–Crippen MR) is 59.5 cm³/mol. The summed E-state index contributed by atoms with van der Waals surface area (Å²) in [5.41, 5.74) is 1.26. The molecule has 0 amide bonds. The minimum absolute atomic E-state index is 0.0519. The second kappa shape index (κ2) is 4.77. The Labute approximate surface area is 91.2 Å². The van der Waals surface area contributed by atoms with Crippen LogP contribution in [0.3, 0.4) is 0 Å². The Kier molecular flexibility index (Phi) is 3.39. The molecular weight excluding hydrogens is 188 g/mol. The van der Waals surface area contributed by atoms with Crippen LogP contribution in [0.25, 0.3) is 0 Å². The third-order valence-electron chi connectivity index (χ3n) is 3.05. The molecule has 1 aromatic rings. The second-order valence-electron chi connectivity index (χ2n) is 4.19. The monoisotopic (exact) mass is 206 g/mol. The van der Waals surface area contributed by atoms with Gasteiger partial charge in [0.1, 0.15) is 0 Å². The number of methoxy groups -OCH3 is 1. The van der Waals surface area contributed by atoms with E-state index in [1.807, 2.05) is 6.07 Å². The number of ether oxygens (including phenoxy) is 2. The van der Waals surface area contributed by atoms with E-state index in [1.165, 1.54) is 5.56 Å². The minimum Gasteiger partial charge on any atom is -0.356 e. The molecule has 0 aromatic heterocycles. The van der Waals surface area contributed by atoms with Crippen molar-refractivity contribution in [2.75, 3.05) is 7.11 Å². The molecule has 0 spiro atoms. The molecule has 2 heteroatoms. The average molecular weight is 206 g/mol.